The largest absolute Gasteiger partial charge is 0.245 e. The van der Waals surface area contributed by atoms with Crippen molar-refractivity contribution >= 4 is 43.7 Å². The number of hydrogen-bond acceptors (Lipinski definition) is 3. The van der Waals surface area contributed by atoms with E-state index in [0.29, 0.717) is 11.8 Å². The Kier molecular flexibility index (Phi) is 3.40. The Bertz CT molecular complexity index is 1750. The molecule has 0 amide bonds. The van der Waals surface area contributed by atoms with Crippen molar-refractivity contribution in [2.75, 3.05) is 0 Å². The summed E-state index contributed by atoms with van der Waals surface area (Å²) in [5.41, 5.74) is 10.1. The van der Waals surface area contributed by atoms with Crippen LogP contribution in [-0.2, 0) is 0 Å². The van der Waals surface area contributed by atoms with Gasteiger partial charge in [0.2, 0.25) is 0 Å². The summed E-state index contributed by atoms with van der Waals surface area (Å²) in [7, 11) is 0. The molecule has 2 atom stereocenters. The van der Waals surface area contributed by atoms with Crippen LogP contribution in [0.15, 0.2) is 78.9 Å². The Hall–Kier alpha value is -3.85. The molecule has 0 spiro atoms. The monoisotopic (exact) mass is 423 g/mol. The van der Waals surface area contributed by atoms with Crippen LogP contribution in [0, 0.1) is 0 Å². The third-order valence-corrected chi connectivity index (χ3v) is 7.83. The zero-order valence-electron chi connectivity index (χ0n) is 18.1. The second-order valence-corrected chi connectivity index (χ2v) is 9.57. The van der Waals surface area contributed by atoms with Crippen molar-refractivity contribution in [2.24, 2.45) is 0 Å². The zero-order valence-corrected chi connectivity index (χ0v) is 18.1. The fourth-order valence-electron chi connectivity index (χ4n) is 6.41. The van der Waals surface area contributed by atoms with Crippen LogP contribution >= 0.6 is 0 Å². The molecule has 156 valence electrons. The van der Waals surface area contributed by atoms with E-state index in [1.54, 1.807) is 0 Å². The van der Waals surface area contributed by atoms with Crippen LogP contribution in [-0.4, -0.2) is 15.0 Å². The average Bonchev–Trinajstić information content (AvgIpc) is 3.50. The van der Waals surface area contributed by atoms with E-state index >= 15 is 0 Å². The normalized spacial score (nSPS) is 19.2. The van der Waals surface area contributed by atoms with Gasteiger partial charge in [-0.1, -0.05) is 66.7 Å². The number of pyridine rings is 1. The van der Waals surface area contributed by atoms with Gasteiger partial charge in [-0.2, -0.15) is 0 Å². The molecule has 1 saturated carbocycles. The maximum Gasteiger partial charge on any atom is 0.116 e. The quantitative estimate of drug-likeness (QED) is 0.203. The Morgan fingerprint density at radius 1 is 0.545 bits per heavy atom. The first-order chi connectivity index (χ1) is 16.3. The fraction of sp³-hybridized carbons (Fsp3) is 0.167. The van der Waals surface area contributed by atoms with Crippen LogP contribution in [0.5, 0.6) is 0 Å². The van der Waals surface area contributed by atoms with Gasteiger partial charge in [-0.3, -0.25) is 0 Å². The number of rotatable bonds is 1. The van der Waals surface area contributed by atoms with E-state index < -0.39 is 0 Å². The molecule has 0 aliphatic heterocycles. The highest BCUT2D eigenvalue weighted by Crippen LogP contribution is 2.57. The minimum Gasteiger partial charge on any atom is -0.245 e. The van der Waals surface area contributed by atoms with Gasteiger partial charge in [0, 0.05) is 16.3 Å². The predicted octanol–water partition coefficient (Wildman–Crippen LogP) is 7.52. The molecule has 2 heterocycles. The number of hydrogen-bond donors (Lipinski definition) is 0. The van der Waals surface area contributed by atoms with Gasteiger partial charge >= 0.3 is 0 Å². The molecule has 2 aliphatic carbocycles. The number of nitrogens with zero attached hydrogens (tertiary/aromatic N) is 3. The van der Waals surface area contributed by atoms with Crippen molar-refractivity contribution in [1.82, 2.24) is 15.0 Å². The third kappa shape index (κ3) is 2.37. The van der Waals surface area contributed by atoms with E-state index in [1.165, 1.54) is 46.7 Å². The number of fused-ring (bicyclic) bond motifs is 12. The Morgan fingerprint density at radius 3 is 2.18 bits per heavy atom. The van der Waals surface area contributed by atoms with E-state index in [0.717, 1.165) is 38.7 Å². The van der Waals surface area contributed by atoms with E-state index in [4.69, 9.17) is 15.0 Å². The van der Waals surface area contributed by atoms with Gasteiger partial charge in [-0.05, 0) is 59.7 Å². The first-order valence-electron chi connectivity index (χ1n) is 11.9. The van der Waals surface area contributed by atoms with Gasteiger partial charge in [-0.25, -0.2) is 15.0 Å². The van der Waals surface area contributed by atoms with E-state index in [-0.39, 0.29) is 0 Å². The molecule has 4 aromatic carbocycles. The zero-order chi connectivity index (χ0) is 21.5. The van der Waals surface area contributed by atoms with Crippen LogP contribution < -0.4 is 0 Å². The molecule has 0 radical (unpaired) electrons. The summed E-state index contributed by atoms with van der Waals surface area (Å²) in [6, 6.07) is 27.7. The highest BCUT2D eigenvalue weighted by atomic mass is 14.8. The van der Waals surface area contributed by atoms with Crippen molar-refractivity contribution in [1.29, 1.82) is 0 Å². The van der Waals surface area contributed by atoms with Crippen LogP contribution in [0.1, 0.15) is 42.2 Å². The maximum absolute atomic E-state index is 5.33. The van der Waals surface area contributed by atoms with Crippen LogP contribution in [0.4, 0.5) is 0 Å². The van der Waals surface area contributed by atoms with Crippen molar-refractivity contribution in [3.8, 4) is 11.3 Å². The first kappa shape index (κ1) is 17.7. The molecule has 0 saturated heterocycles. The van der Waals surface area contributed by atoms with Gasteiger partial charge in [0.25, 0.3) is 0 Å². The Labute approximate surface area is 191 Å². The van der Waals surface area contributed by atoms with E-state index in [9.17, 15) is 0 Å². The van der Waals surface area contributed by atoms with Gasteiger partial charge in [-0.15, -0.1) is 0 Å². The lowest BCUT2D eigenvalue weighted by Crippen LogP contribution is -2.05. The second-order valence-electron chi connectivity index (χ2n) is 9.57. The van der Waals surface area contributed by atoms with Gasteiger partial charge in [0.1, 0.15) is 5.52 Å². The predicted molar refractivity (Wildman–Crippen MR) is 135 cm³/mol. The molecule has 8 rings (SSSR count). The number of benzene rings is 4. The molecule has 3 nitrogen and oxygen atoms in total. The Morgan fingerprint density at radius 2 is 1.27 bits per heavy atom. The summed E-state index contributed by atoms with van der Waals surface area (Å²) >= 11 is 0. The minimum absolute atomic E-state index is 0.641. The highest BCUT2D eigenvalue weighted by Gasteiger charge is 2.40. The smallest absolute Gasteiger partial charge is 0.116 e. The fourth-order valence-corrected chi connectivity index (χ4v) is 6.41. The maximum atomic E-state index is 5.33. The molecular formula is C30H21N3. The number of aromatic nitrogens is 3. The molecular weight excluding hydrogens is 402 g/mol. The summed E-state index contributed by atoms with van der Waals surface area (Å²) in [5.74, 6) is 1.29. The third-order valence-electron chi connectivity index (χ3n) is 7.83. The van der Waals surface area contributed by atoms with Crippen molar-refractivity contribution in [2.45, 2.75) is 31.1 Å². The highest BCUT2D eigenvalue weighted by molar-refractivity contribution is 6.10. The Balaban J connectivity index is 1.51. The van der Waals surface area contributed by atoms with Gasteiger partial charge < -0.3 is 0 Å². The SMILES string of the molecule is c1ccc(-c2nc3c(ccc4nc5c(ccc6ccccc65)nc43)c3c2C2CCC3C2)cc1. The summed E-state index contributed by atoms with van der Waals surface area (Å²) in [6.45, 7) is 0. The molecule has 6 aromatic rings. The lowest BCUT2D eigenvalue weighted by atomic mass is 9.86. The van der Waals surface area contributed by atoms with Gasteiger partial charge in [0.15, 0.2) is 0 Å². The molecule has 2 aliphatic rings. The molecule has 2 bridgehead atoms. The van der Waals surface area contributed by atoms with E-state index in [1.807, 2.05) is 0 Å². The van der Waals surface area contributed by atoms with Crippen molar-refractivity contribution in [3.63, 3.8) is 0 Å². The summed E-state index contributed by atoms with van der Waals surface area (Å²) < 4.78 is 0. The van der Waals surface area contributed by atoms with Crippen LogP contribution in [0.25, 0.3) is 55.0 Å². The summed E-state index contributed by atoms with van der Waals surface area (Å²) in [6.07, 6.45) is 3.84. The molecule has 33 heavy (non-hydrogen) atoms. The first-order valence-corrected chi connectivity index (χ1v) is 11.9. The molecule has 0 N–H and O–H groups in total. The lowest BCUT2D eigenvalue weighted by Gasteiger charge is -2.21. The molecule has 2 unspecified atom stereocenters. The van der Waals surface area contributed by atoms with Crippen LogP contribution in [0.2, 0.25) is 0 Å². The second kappa shape index (κ2) is 6.35. The average molecular weight is 424 g/mol. The van der Waals surface area contributed by atoms with Crippen LogP contribution in [0.3, 0.4) is 0 Å². The standard InChI is InChI=1S/C30H21N3/c1-2-7-18(8-3-1)27-26-20-11-10-19(16-20)25(26)22-13-15-24-30(29(22)33-27)32-23-14-12-17-6-4-5-9-21(17)28(23)31-24/h1-9,12-15,19-20H,10-11,16H2. The van der Waals surface area contributed by atoms with Crippen molar-refractivity contribution in [3.05, 3.63) is 90.0 Å². The minimum atomic E-state index is 0.641. The summed E-state index contributed by atoms with van der Waals surface area (Å²) in [4.78, 5) is 15.6. The lowest BCUT2D eigenvalue weighted by molar-refractivity contribution is 0.720. The molecule has 2 aromatic heterocycles. The summed E-state index contributed by atoms with van der Waals surface area (Å²) in [5, 5.41) is 3.62. The molecule has 3 heteroatoms. The molecule has 1 fully saturated rings. The van der Waals surface area contributed by atoms with Crippen molar-refractivity contribution < 1.29 is 0 Å². The van der Waals surface area contributed by atoms with E-state index in [2.05, 4.69) is 78.9 Å². The topological polar surface area (TPSA) is 38.7 Å². The van der Waals surface area contributed by atoms with Gasteiger partial charge in [0.05, 0.1) is 27.8 Å².